The Hall–Kier alpha value is -4.66. The summed E-state index contributed by atoms with van der Waals surface area (Å²) in [5, 5.41) is 0.876. The molecule has 4 rings (SSSR count). The van der Waals surface area contributed by atoms with Crippen LogP contribution in [0.2, 0.25) is 0 Å². The van der Waals surface area contributed by atoms with Crippen molar-refractivity contribution in [3.8, 4) is 23.7 Å². The minimum absolute atomic E-state index is 0.221. The smallest absolute Gasteiger partial charge is 0.411 e. The van der Waals surface area contributed by atoms with Gasteiger partial charge in [0.15, 0.2) is 0 Å². The lowest BCUT2D eigenvalue weighted by Gasteiger charge is -2.40. The van der Waals surface area contributed by atoms with Crippen LogP contribution in [0.25, 0.3) is 0 Å². The molecule has 2 atom stereocenters. The Balaban J connectivity index is 0.000000327. The van der Waals surface area contributed by atoms with Gasteiger partial charge in [-0.3, -0.25) is 14.7 Å². The van der Waals surface area contributed by atoms with Crippen LogP contribution in [0.5, 0.6) is 0 Å². The number of carbonyl (C=O) groups excluding carboxylic acids is 4. The van der Waals surface area contributed by atoms with Crippen LogP contribution in [0.4, 0.5) is 18.4 Å². The number of rotatable bonds is 5. The number of alkyl halides is 1. The van der Waals surface area contributed by atoms with E-state index in [9.17, 15) is 28.0 Å². The van der Waals surface area contributed by atoms with Crippen molar-refractivity contribution in [1.82, 2.24) is 14.7 Å². The fraction of sp³-hybridized carbons (Fsp3) is 0.535. The molecule has 0 spiro atoms. The Morgan fingerprint density at radius 2 is 1.14 bits per heavy atom. The number of hydrogen-bond acceptors (Lipinski definition) is 9. The highest BCUT2D eigenvalue weighted by atomic mass is 79.9. The fourth-order valence-electron chi connectivity index (χ4n) is 5.43. The quantitative estimate of drug-likeness (QED) is 0.130. The van der Waals surface area contributed by atoms with Crippen molar-refractivity contribution in [3.63, 3.8) is 0 Å². The van der Waals surface area contributed by atoms with E-state index in [1.807, 2.05) is 20.8 Å². The van der Waals surface area contributed by atoms with E-state index in [2.05, 4.69) is 44.5 Å². The van der Waals surface area contributed by atoms with Gasteiger partial charge in [-0.1, -0.05) is 39.6 Å². The summed E-state index contributed by atoms with van der Waals surface area (Å²) < 4.78 is 45.6. The van der Waals surface area contributed by atoms with Crippen LogP contribution in [-0.2, 0) is 28.5 Å². The summed E-state index contributed by atoms with van der Waals surface area (Å²) in [5.74, 6) is 10.6. The molecule has 2 aromatic carbocycles. The minimum atomic E-state index is -0.710. The number of likely N-dealkylation sites (tertiary alicyclic amines) is 1. The van der Waals surface area contributed by atoms with E-state index >= 15 is 0 Å². The molecule has 0 saturated carbocycles. The maximum absolute atomic E-state index is 12.9. The third kappa shape index (κ3) is 18.9. The first-order valence-corrected chi connectivity index (χ1v) is 19.9. The van der Waals surface area contributed by atoms with Crippen LogP contribution in [-0.4, -0.2) is 114 Å². The molecule has 2 amide bonds. The number of ether oxygens (including phenoxy) is 4. The first kappa shape index (κ1) is 48.5. The van der Waals surface area contributed by atoms with E-state index in [-0.39, 0.29) is 17.6 Å². The number of nitrogens with zero attached hydrogens (tertiary/aromatic N) is 3. The first-order chi connectivity index (χ1) is 26.9. The topological polar surface area (TPSA) is 115 Å². The van der Waals surface area contributed by atoms with Crippen LogP contribution >= 0.6 is 15.9 Å². The lowest BCUT2D eigenvalue weighted by atomic mass is 10.0. The monoisotopic (exact) mass is 859 g/mol. The van der Waals surface area contributed by atoms with E-state index < -0.39 is 41.4 Å². The van der Waals surface area contributed by atoms with Gasteiger partial charge >= 0.3 is 24.1 Å². The van der Waals surface area contributed by atoms with Gasteiger partial charge in [-0.25, -0.2) is 28.0 Å². The summed E-state index contributed by atoms with van der Waals surface area (Å²) in [6, 6.07) is 11.0. The van der Waals surface area contributed by atoms with Gasteiger partial charge in [-0.2, -0.15) is 0 Å². The number of halogens is 3. The average molecular weight is 861 g/mol. The van der Waals surface area contributed by atoms with Crippen molar-refractivity contribution in [2.75, 3.05) is 52.3 Å². The number of hydrogen-bond donors (Lipinski definition) is 0. The highest BCUT2D eigenvalue weighted by Crippen LogP contribution is 2.21. The number of methoxy groups -OCH3 is 2. The number of piperidine rings is 1. The van der Waals surface area contributed by atoms with Gasteiger partial charge in [0.2, 0.25) is 0 Å². The van der Waals surface area contributed by atoms with Gasteiger partial charge in [0.1, 0.15) is 34.9 Å². The third-order valence-electron chi connectivity index (χ3n) is 8.10. The molecule has 0 radical (unpaired) electrons. The van der Waals surface area contributed by atoms with Crippen molar-refractivity contribution in [1.29, 1.82) is 0 Å². The zero-order chi connectivity index (χ0) is 42.6. The lowest BCUT2D eigenvalue weighted by Crippen LogP contribution is -2.59. The summed E-state index contributed by atoms with van der Waals surface area (Å²) in [7, 11) is 2.65. The summed E-state index contributed by atoms with van der Waals surface area (Å²) in [4.78, 5) is 53.1. The number of benzene rings is 2. The minimum Gasteiger partial charge on any atom is -0.467 e. The maximum Gasteiger partial charge on any atom is 0.411 e. The Bertz CT molecular complexity index is 1720. The third-order valence-corrected chi connectivity index (χ3v) is 8.49. The number of amides is 2. The van der Waals surface area contributed by atoms with E-state index in [1.165, 1.54) is 48.3 Å². The maximum atomic E-state index is 12.9. The summed E-state index contributed by atoms with van der Waals surface area (Å²) >= 11 is 3.27. The van der Waals surface area contributed by atoms with Crippen molar-refractivity contribution < 1.29 is 46.9 Å². The van der Waals surface area contributed by atoms with Gasteiger partial charge in [0.25, 0.3) is 0 Å². The molecular weight excluding hydrogens is 804 g/mol. The lowest BCUT2D eigenvalue weighted by molar-refractivity contribution is -0.149. The predicted octanol–water partition coefficient (Wildman–Crippen LogP) is 7.57. The van der Waals surface area contributed by atoms with Crippen molar-refractivity contribution in [2.45, 2.75) is 96.9 Å². The van der Waals surface area contributed by atoms with Gasteiger partial charge in [-0.15, -0.1) is 0 Å². The summed E-state index contributed by atoms with van der Waals surface area (Å²) in [6.45, 7) is 13.3. The molecule has 0 aliphatic carbocycles. The second kappa shape index (κ2) is 24.2. The highest BCUT2D eigenvalue weighted by molar-refractivity contribution is 9.09. The van der Waals surface area contributed by atoms with Crippen molar-refractivity contribution in [3.05, 3.63) is 71.3 Å². The van der Waals surface area contributed by atoms with E-state index in [0.717, 1.165) is 35.7 Å². The Morgan fingerprint density at radius 1 is 0.684 bits per heavy atom. The normalized spacial score (nSPS) is 16.7. The Kier molecular flexibility index (Phi) is 20.6. The second-order valence-corrected chi connectivity index (χ2v) is 15.8. The molecule has 2 aliphatic heterocycles. The van der Waals surface area contributed by atoms with Crippen LogP contribution in [0.1, 0.15) is 84.8 Å². The van der Waals surface area contributed by atoms with Gasteiger partial charge < -0.3 is 18.9 Å². The zero-order valence-corrected chi connectivity index (χ0v) is 35.9. The van der Waals surface area contributed by atoms with Gasteiger partial charge in [0.05, 0.1) is 14.2 Å². The molecule has 2 saturated heterocycles. The largest absolute Gasteiger partial charge is 0.467 e. The molecule has 0 aromatic heterocycles. The van der Waals surface area contributed by atoms with Crippen LogP contribution in [0.15, 0.2) is 48.5 Å². The van der Waals surface area contributed by atoms with E-state index in [0.29, 0.717) is 45.6 Å². The van der Waals surface area contributed by atoms with Crippen molar-refractivity contribution >= 4 is 40.1 Å². The second-order valence-electron chi connectivity index (χ2n) is 15.0. The van der Waals surface area contributed by atoms with Crippen LogP contribution in [0, 0.1) is 35.3 Å². The standard InChI is InChI=1S/C21H27FN2O4.C12H21NO4.C10H8BrF/c1-21(2,3)28-20(26)24-14-13-23(15-18(24)19(25)27-4)12-6-5-7-16-8-10-17(22)11-9-16;1-12(2,3)17-11(15)13-8-6-5-7-9(13)10(14)16-4;11-8-2-1-3-9-4-6-10(12)7-5-9/h8-11,18H,6,12-15H2,1-4H3;9H,5-8H2,1-4H3;4-7H,2,8H2/t18-;9-;/m00./s1. The molecule has 0 N–H and O–H groups in total. The zero-order valence-electron chi connectivity index (χ0n) is 34.3. The molecule has 14 heteroatoms. The number of esters is 2. The van der Waals surface area contributed by atoms with Crippen LogP contribution in [0.3, 0.4) is 0 Å². The average Bonchev–Trinajstić information content (AvgIpc) is 3.16. The summed E-state index contributed by atoms with van der Waals surface area (Å²) in [6.07, 6.45) is 2.93. The first-order valence-electron chi connectivity index (χ1n) is 18.8. The fourth-order valence-corrected chi connectivity index (χ4v) is 5.63. The predicted molar refractivity (Wildman–Crippen MR) is 217 cm³/mol. The molecule has 312 valence electrons. The molecule has 2 aromatic rings. The Morgan fingerprint density at radius 3 is 1.60 bits per heavy atom. The Labute approximate surface area is 344 Å². The molecule has 2 heterocycles. The van der Waals surface area contributed by atoms with Gasteiger partial charge in [0, 0.05) is 62.0 Å². The molecule has 2 fully saturated rings. The van der Waals surface area contributed by atoms with Crippen molar-refractivity contribution in [2.24, 2.45) is 0 Å². The molecule has 57 heavy (non-hydrogen) atoms. The van der Waals surface area contributed by atoms with E-state index in [4.69, 9.17) is 18.9 Å². The number of piperazine rings is 1. The van der Waals surface area contributed by atoms with Crippen LogP contribution < -0.4 is 0 Å². The molecular formula is C43H56BrF2N3O8. The molecule has 2 aliphatic rings. The number of carbonyl (C=O) groups is 4. The highest BCUT2D eigenvalue weighted by Gasteiger charge is 2.38. The SMILES string of the molecule is COC(=O)[C@@H]1CCCCN1C(=O)OC(C)(C)C.COC(=O)[C@@H]1CN(CCC#Cc2ccc(F)cc2)CCN1C(=O)OC(C)(C)C.Fc1ccc(C#CCCBr)cc1. The van der Waals surface area contributed by atoms with Gasteiger partial charge in [-0.05, 0) is 109 Å². The molecule has 11 nitrogen and oxygen atoms in total. The summed E-state index contributed by atoms with van der Waals surface area (Å²) in [5.41, 5.74) is 0.431. The molecule has 0 bridgehead atoms. The van der Waals surface area contributed by atoms with E-state index in [1.54, 1.807) is 45.0 Å². The molecule has 0 unspecified atom stereocenters.